The van der Waals surface area contributed by atoms with E-state index in [0.717, 1.165) is 25.3 Å². The predicted octanol–water partition coefficient (Wildman–Crippen LogP) is 2.31. The van der Waals surface area contributed by atoms with Crippen molar-refractivity contribution in [2.45, 2.75) is 31.4 Å². The summed E-state index contributed by atoms with van der Waals surface area (Å²) < 4.78 is 11.1. The van der Waals surface area contributed by atoms with Gasteiger partial charge in [0.1, 0.15) is 11.5 Å². The van der Waals surface area contributed by atoms with Gasteiger partial charge in [-0.3, -0.25) is 4.90 Å². The summed E-state index contributed by atoms with van der Waals surface area (Å²) in [6.45, 7) is 2.24. The molecule has 2 aliphatic rings. The lowest BCUT2D eigenvalue weighted by atomic mass is 9.97. The molecule has 2 rings (SSSR count). The molecule has 0 spiro atoms. The van der Waals surface area contributed by atoms with E-state index in [-0.39, 0.29) is 5.72 Å². The van der Waals surface area contributed by atoms with Crippen LogP contribution in [0.3, 0.4) is 0 Å². The standard InChI is InChI=1S/C13H21NO2/c1-15-12-7-6-8-13(11-12,16-2)14-9-4-3-5-10-14/h6-8H,3-5,9-11H2,1-2H3. The van der Waals surface area contributed by atoms with E-state index in [9.17, 15) is 0 Å². The van der Waals surface area contributed by atoms with Crippen molar-refractivity contribution in [1.29, 1.82) is 0 Å². The Labute approximate surface area is 97.7 Å². The van der Waals surface area contributed by atoms with E-state index in [2.05, 4.69) is 11.0 Å². The van der Waals surface area contributed by atoms with Crippen LogP contribution in [-0.4, -0.2) is 37.9 Å². The maximum atomic E-state index is 5.77. The summed E-state index contributed by atoms with van der Waals surface area (Å²) in [6, 6.07) is 0. The van der Waals surface area contributed by atoms with Crippen molar-refractivity contribution < 1.29 is 9.47 Å². The summed E-state index contributed by atoms with van der Waals surface area (Å²) in [6.07, 6.45) is 10.9. The van der Waals surface area contributed by atoms with Gasteiger partial charge in [-0.05, 0) is 25.0 Å². The SMILES string of the molecule is COC1=CC=CC(OC)(N2CCCCC2)C1. The van der Waals surface area contributed by atoms with Gasteiger partial charge in [-0.15, -0.1) is 0 Å². The molecule has 0 bridgehead atoms. The topological polar surface area (TPSA) is 21.7 Å². The van der Waals surface area contributed by atoms with E-state index < -0.39 is 0 Å². The molecule has 1 saturated heterocycles. The lowest BCUT2D eigenvalue weighted by molar-refractivity contribution is -0.112. The molecule has 0 saturated carbocycles. The lowest BCUT2D eigenvalue weighted by Crippen LogP contribution is -2.52. The lowest BCUT2D eigenvalue weighted by Gasteiger charge is -2.43. The minimum atomic E-state index is -0.277. The summed E-state index contributed by atoms with van der Waals surface area (Å²) in [7, 11) is 3.51. The zero-order chi connectivity index (χ0) is 11.4. The highest BCUT2D eigenvalue weighted by atomic mass is 16.5. The van der Waals surface area contributed by atoms with E-state index in [1.807, 2.05) is 12.2 Å². The first kappa shape index (κ1) is 11.7. The molecule has 1 unspecified atom stereocenters. The molecular formula is C13H21NO2. The van der Waals surface area contributed by atoms with Gasteiger partial charge in [-0.25, -0.2) is 0 Å². The fourth-order valence-electron chi connectivity index (χ4n) is 2.57. The second-order valence-corrected chi connectivity index (χ2v) is 4.47. The number of ether oxygens (including phenoxy) is 2. The highest BCUT2D eigenvalue weighted by molar-refractivity contribution is 5.22. The number of hydrogen-bond donors (Lipinski definition) is 0. The molecule has 3 heteroatoms. The van der Waals surface area contributed by atoms with Crippen LogP contribution in [0.2, 0.25) is 0 Å². The van der Waals surface area contributed by atoms with Gasteiger partial charge in [-0.2, -0.15) is 0 Å². The van der Waals surface area contributed by atoms with Gasteiger partial charge in [0.2, 0.25) is 0 Å². The van der Waals surface area contributed by atoms with Gasteiger partial charge in [0.25, 0.3) is 0 Å². The van der Waals surface area contributed by atoms with Crippen LogP contribution in [0, 0.1) is 0 Å². The molecule has 3 nitrogen and oxygen atoms in total. The molecule has 0 radical (unpaired) electrons. The van der Waals surface area contributed by atoms with Gasteiger partial charge >= 0.3 is 0 Å². The van der Waals surface area contributed by atoms with E-state index >= 15 is 0 Å². The molecule has 0 N–H and O–H groups in total. The van der Waals surface area contributed by atoms with Crippen molar-refractivity contribution in [2.75, 3.05) is 27.3 Å². The molecule has 16 heavy (non-hydrogen) atoms. The van der Waals surface area contributed by atoms with Gasteiger partial charge in [0, 0.05) is 20.2 Å². The van der Waals surface area contributed by atoms with Crippen LogP contribution in [0.5, 0.6) is 0 Å². The van der Waals surface area contributed by atoms with Crippen LogP contribution >= 0.6 is 0 Å². The first-order chi connectivity index (χ1) is 7.80. The average Bonchev–Trinajstić information content (AvgIpc) is 2.39. The summed E-state index contributed by atoms with van der Waals surface area (Å²) in [4.78, 5) is 2.43. The molecule has 1 heterocycles. The Hall–Kier alpha value is -0.800. The third-order valence-electron chi connectivity index (χ3n) is 3.57. The highest BCUT2D eigenvalue weighted by Gasteiger charge is 2.37. The van der Waals surface area contributed by atoms with Crippen LogP contribution in [-0.2, 0) is 9.47 Å². The van der Waals surface area contributed by atoms with Crippen LogP contribution in [0.1, 0.15) is 25.7 Å². The van der Waals surface area contributed by atoms with E-state index in [0.29, 0.717) is 0 Å². The molecule has 90 valence electrons. The second-order valence-electron chi connectivity index (χ2n) is 4.47. The number of allylic oxidation sites excluding steroid dienone is 2. The summed E-state index contributed by atoms with van der Waals surface area (Å²) in [5, 5.41) is 0. The number of piperidine rings is 1. The van der Waals surface area contributed by atoms with Gasteiger partial charge in [0.05, 0.1) is 13.5 Å². The fraction of sp³-hybridized carbons (Fsp3) is 0.692. The van der Waals surface area contributed by atoms with Gasteiger partial charge < -0.3 is 9.47 Å². The van der Waals surface area contributed by atoms with Gasteiger partial charge in [0.15, 0.2) is 0 Å². The highest BCUT2D eigenvalue weighted by Crippen LogP contribution is 2.32. The monoisotopic (exact) mass is 223 g/mol. The van der Waals surface area contributed by atoms with E-state index in [1.54, 1.807) is 14.2 Å². The fourth-order valence-corrected chi connectivity index (χ4v) is 2.57. The molecule has 1 fully saturated rings. The molecule has 1 aliphatic carbocycles. The first-order valence-corrected chi connectivity index (χ1v) is 6.03. The number of rotatable bonds is 3. The molecule has 0 aromatic carbocycles. The van der Waals surface area contributed by atoms with E-state index in [4.69, 9.17) is 9.47 Å². The summed E-state index contributed by atoms with van der Waals surface area (Å²) >= 11 is 0. The predicted molar refractivity (Wildman–Crippen MR) is 64.0 cm³/mol. The Kier molecular flexibility index (Phi) is 3.66. The Morgan fingerprint density at radius 1 is 1.19 bits per heavy atom. The summed E-state index contributed by atoms with van der Waals surface area (Å²) in [5.74, 6) is 0.995. The smallest absolute Gasteiger partial charge is 0.147 e. The molecule has 0 aromatic rings. The van der Waals surface area contributed by atoms with Crippen molar-refractivity contribution >= 4 is 0 Å². The van der Waals surface area contributed by atoms with Gasteiger partial charge in [-0.1, -0.05) is 12.5 Å². The molecule has 1 atom stereocenters. The maximum Gasteiger partial charge on any atom is 0.147 e. The Morgan fingerprint density at radius 2 is 1.94 bits per heavy atom. The zero-order valence-electron chi connectivity index (χ0n) is 10.2. The van der Waals surface area contributed by atoms with Crippen LogP contribution < -0.4 is 0 Å². The maximum absolute atomic E-state index is 5.77. The number of likely N-dealkylation sites (tertiary alicyclic amines) is 1. The van der Waals surface area contributed by atoms with E-state index in [1.165, 1.54) is 19.3 Å². The Morgan fingerprint density at radius 3 is 2.56 bits per heavy atom. The second kappa shape index (κ2) is 5.02. The van der Waals surface area contributed by atoms with Crippen molar-refractivity contribution in [3.8, 4) is 0 Å². The van der Waals surface area contributed by atoms with Crippen molar-refractivity contribution in [3.63, 3.8) is 0 Å². The normalized spacial score (nSPS) is 31.2. The molecule has 1 aliphatic heterocycles. The average molecular weight is 223 g/mol. The third kappa shape index (κ3) is 2.15. The molecular weight excluding hydrogens is 202 g/mol. The van der Waals surface area contributed by atoms with Crippen LogP contribution in [0.25, 0.3) is 0 Å². The quantitative estimate of drug-likeness (QED) is 0.733. The van der Waals surface area contributed by atoms with Crippen molar-refractivity contribution in [1.82, 2.24) is 4.90 Å². The Balaban J connectivity index is 2.13. The summed E-state index contributed by atoms with van der Waals surface area (Å²) in [5.41, 5.74) is -0.277. The minimum absolute atomic E-state index is 0.277. The number of nitrogens with zero attached hydrogens (tertiary/aromatic N) is 1. The zero-order valence-corrected chi connectivity index (χ0v) is 10.2. The number of hydrogen-bond acceptors (Lipinski definition) is 3. The number of methoxy groups -OCH3 is 2. The van der Waals surface area contributed by atoms with Crippen molar-refractivity contribution in [3.05, 3.63) is 24.0 Å². The van der Waals surface area contributed by atoms with Crippen molar-refractivity contribution in [2.24, 2.45) is 0 Å². The van der Waals surface area contributed by atoms with Crippen LogP contribution in [0.15, 0.2) is 24.0 Å². The Bertz CT molecular complexity index is 292. The largest absolute Gasteiger partial charge is 0.501 e. The molecule has 0 amide bonds. The minimum Gasteiger partial charge on any atom is -0.501 e. The van der Waals surface area contributed by atoms with Crippen LogP contribution in [0.4, 0.5) is 0 Å². The third-order valence-corrected chi connectivity index (χ3v) is 3.57. The molecule has 0 aromatic heterocycles. The first-order valence-electron chi connectivity index (χ1n) is 6.03.